The van der Waals surface area contributed by atoms with Crippen molar-refractivity contribution in [2.24, 2.45) is 5.10 Å². The number of anilines is 1. The van der Waals surface area contributed by atoms with E-state index < -0.39 is 17.8 Å². The van der Waals surface area contributed by atoms with E-state index in [1.807, 2.05) is 56.3 Å². The number of carbonyl (C=O) groups excluding carboxylic acids is 3. The van der Waals surface area contributed by atoms with Crippen molar-refractivity contribution in [1.29, 1.82) is 0 Å². The van der Waals surface area contributed by atoms with Crippen LogP contribution in [0.15, 0.2) is 90.0 Å². The topological polar surface area (TPSA) is 106 Å². The summed E-state index contributed by atoms with van der Waals surface area (Å²) in [5, 5.41) is 8.13. The molecule has 0 saturated heterocycles. The molecular formula is C30H27N3O5. The quantitative estimate of drug-likeness (QED) is 0.113. The number of aryl methyl sites for hydroxylation is 1. The highest BCUT2D eigenvalue weighted by Gasteiger charge is 2.15. The van der Waals surface area contributed by atoms with E-state index >= 15 is 0 Å². The molecule has 192 valence electrons. The van der Waals surface area contributed by atoms with Crippen LogP contribution in [0.5, 0.6) is 11.5 Å². The van der Waals surface area contributed by atoms with Crippen molar-refractivity contribution < 1.29 is 23.9 Å². The van der Waals surface area contributed by atoms with Gasteiger partial charge in [-0.3, -0.25) is 9.59 Å². The Morgan fingerprint density at radius 3 is 2.29 bits per heavy atom. The molecular weight excluding hydrogens is 482 g/mol. The van der Waals surface area contributed by atoms with Crippen LogP contribution in [-0.2, 0) is 16.0 Å². The lowest BCUT2D eigenvalue weighted by atomic mass is 10.0. The lowest BCUT2D eigenvalue weighted by molar-refractivity contribution is -0.136. The van der Waals surface area contributed by atoms with Gasteiger partial charge in [0.1, 0.15) is 11.5 Å². The Morgan fingerprint density at radius 2 is 1.58 bits per heavy atom. The predicted octanol–water partition coefficient (Wildman–Crippen LogP) is 5.11. The zero-order valence-corrected chi connectivity index (χ0v) is 21.1. The Kier molecular flexibility index (Phi) is 8.46. The van der Waals surface area contributed by atoms with Crippen LogP contribution in [0, 0.1) is 0 Å². The zero-order valence-electron chi connectivity index (χ0n) is 21.1. The Labute approximate surface area is 220 Å². The van der Waals surface area contributed by atoms with Crippen molar-refractivity contribution in [1.82, 2.24) is 5.43 Å². The van der Waals surface area contributed by atoms with Crippen LogP contribution in [0.2, 0.25) is 0 Å². The number of hydrazone groups is 1. The van der Waals surface area contributed by atoms with Gasteiger partial charge in [-0.15, -0.1) is 0 Å². The van der Waals surface area contributed by atoms with Gasteiger partial charge >= 0.3 is 17.8 Å². The lowest BCUT2D eigenvalue weighted by Gasteiger charge is -2.11. The minimum absolute atomic E-state index is 0.251. The fraction of sp³-hybridized carbons (Fsp3) is 0.133. The summed E-state index contributed by atoms with van der Waals surface area (Å²) in [7, 11) is 0. The molecule has 0 bridgehead atoms. The molecule has 0 fully saturated rings. The Hall–Kier alpha value is -4.98. The summed E-state index contributed by atoms with van der Waals surface area (Å²) in [5.74, 6) is -1.45. The van der Waals surface area contributed by atoms with E-state index in [9.17, 15) is 14.4 Å². The molecule has 2 amide bonds. The van der Waals surface area contributed by atoms with Crippen molar-refractivity contribution in [3.05, 3.63) is 102 Å². The largest absolute Gasteiger partial charge is 0.494 e. The van der Waals surface area contributed by atoms with Gasteiger partial charge in [-0.05, 0) is 72.1 Å². The van der Waals surface area contributed by atoms with Gasteiger partial charge in [0.15, 0.2) is 0 Å². The van der Waals surface area contributed by atoms with Crippen molar-refractivity contribution in [3.63, 3.8) is 0 Å². The SMILES string of the molecule is CCOc1ccc(C(=O)Oc2ccc3ccccc3c2/C=N\NC(=O)C(=O)Nc2ccc(CC)cc2)cc1. The van der Waals surface area contributed by atoms with Crippen molar-refractivity contribution >= 4 is 40.5 Å². The highest BCUT2D eigenvalue weighted by atomic mass is 16.5. The summed E-state index contributed by atoms with van der Waals surface area (Å²) >= 11 is 0. The summed E-state index contributed by atoms with van der Waals surface area (Å²) in [4.78, 5) is 37.4. The molecule has 38 heavy (non-hydrogen) atoms. The molecule has 0 aliphatic heterocycles. The molecule has 4 aromatic rings. The van der Waals surface area contributed by atoms with E-state index in [1.54, 1.807) is 42.5 Å². The van der Waals surface area contributed by atoms with Gasteiger partial charge in [0.25, 0.3) is 0 Å². The maximum atomic E-state index is 12.8. The number of esters is 1. The van der Waals surface area contributed by atoms with E-state index in [0.29, 0.717) is 29.2 Å². The third kappa shape index (κ3) is 6.41. The van der Waals surface area contributed by atoms with Gasteiger partial charge in [-0.25, -0.2) is 10.2 Å². The molecule has 4 rings (SSSR count). The van der Waals surface area contributed by atoms with Gasteiger partial charge < -0.3 is 14.8 Å². The summed E-state index contributed by atoms with van der Waals surface area (Å²) in [6.07, 6.45) is 2.22. The number of rotatable bonds is 8. The molecule has 0 atom stereocenters. The zero-order chi connectivity index (χ0) is 26.9. The highest BCUT2D eigenvalue weighted by Crippen LogP contribution is 2.27. The van der Waals surface area contributed by atoms with Crippen LogP contribution in [0.4, 0.5) is 5.69 Å². The highest BCUT2D eigenvalue weighted by molar-refractivity contribution is 6.39. The smallest absolute Gasteiger partial charge is 0.343 e. The number of amides is 2. The maximum absolute atomic E-state index is 12.8. The van der Waals surface area contributed by atoms with Gasteiger partial charge in [-0.1, -0.05) is 49.4 Å². The molecule has 0 aliphatic carbocycles. The summed E-state index contributed by atoms with van der Waals surface area (Å²) in [6, 6.07) is 24.8. The molecule has 0 unspecified atom stereocenters. The fourth-order valence-corrected chi connectivity index (χ4v) is 3.73. The number of nitrogens with one attached hydrogen (secondary N) is 2. The second-order valence-electron chi connectivity index (χ2n) is 8.25. The predicted molar refractivity (Wildman–Crippen MR) is 147 cm³/mol. The van der Waals surface area contributed by atoms with Crippen LogP contribution in [0.25, 0.3) is 10.8 Å². The Balaban J connectivity index is 1.50. The minimum Gasteiger partial charge on any atom is -0.494 e. The third-order valence-electron chi connectivity index (χ3n) is 5.72. The standard InChI is InChI=1S/C30H27N3O5/c1-3-20-9-14-23(15-10-20)32-28(34)29(35)33-31-19-26-25-8-6-5-7-21(25)13-18-27(26)38-30(36)22-11-16-24(17-12-22)37-4-2/h5-19H,3-4H2,1-2H3,(H,32,34)(H,33,35)/b31-19-. The average Bonchev–Trinajstić information content (AvgIpc) is 2.94. The van der Waals surface area contributed by atoms with E-state index in [2.05, 4.69) is 15.8 Å². The van der Waals surface area contributed by atoms with Gasteiger partial charge in [0.2, 0.25) is 0 Å². The number of benzene rings is 4. The Bertz CT molecular complexity index is 1480. The van der Waals surface area contributed by atoms with Gasteiger partial charge in [-0.2, -0.15) is 5.10 Å². The number of carbonyl (C=O) groups is 3. The lowest BCUT2D eigenvalue weighted by Crippen LogP contribution is -2.32. The van der Waals surface area contributed by atoms with Crippen LogP contribution in [0.3, 0.4) is 0 Å². The number of nitrogens with zero attached hydrogens (tertiary/aromatic N) is 1. The molecule has 0 aliphatic rings. The molecule has 0 aromatic heterocycles. The van der Waals surface area contributed by atoms with Crippen LogP contribution < -0.4 is 20.2 Å². The van der Waals surface area contributed by atoms with E-state index in [4.69, 9.17) is 9.47 Å². The minimum atomic E-state index is -0.936. The third-order valence-corrected chi connectivity index (χ3v) is 5.72. The number of hydrogen-bond donors (Lipinski definition) is 2. The summed E-state index contributed by atoms with van der Waals surface area (Å²) < 4.78 is 11.1. The second-order valence-corrected chi connectivity index (χ2v) is 8.25. The van der Waals surface area contributed by atoms with Crippen molar-refractivity contribution in [3.8, 4) is 11.5 Å². The molecule has 0 saturated carbocycles. The monoisotopic (exact) mass is 509 g/mol. The summed E-state index contributed by atoms with van der Waals surface area (Å²) in [6.45, 7) is 4.43. The van der Waals surface area contributed by atoms with Crippen LogP contribution in [0.1, 0.15) is 35.3 Å². The molecule has 8 heteroatoms. The molecule has 8 nitrogen and oxygen atoms in total. The van der Waals surface area contributed by atoms with Crippen molar-refractivity contribution in [2.45, 2.75) is 20.3 Å². The van der Waals surface area contributed by atoms with Gasteiger partial charge in [0, 0.05) is 11.3 Å². The van der Waals surface area contributed by atoms with Crippen LogP contribution >= 0.6 is 0 Å². The first-order valence-electron chi connectivity index (χ1n) is 12.2. The Morgan fingerprint density at radius 1 is 0.842 bits per heavy atom. The number of ether oxygens (including phenoxy) is 2. The molecule has 0 spiro atoms. The first-order valence-corrected chi connectivity index (χ1v) is 12.2. The normalized spacial score (nSPS) is 10.8. The molecule has 0 heterocycles. The van der Waals surface area contributed by atoms with Gasteiger partial charge in [0.05, 0.1) is 18.4 Å². The van der Waals surface area contributed by atoms with E-state index in [-0.39, 0.29) is 5.75 Å². The first-order chi connectivity index (χ1) is 18.5. The average molecular weight is 510 g/mol. The summed E-state index contributed by atoms with van der Waals surface area (Å²) in [5.41, 5.74) is 4.67. The molecule has 2 N–H and O–H groups in total. The van der Waals surface area contributed by atoms with Crippen molar-refractivity contribution in [2.75, 3.05) is 11.9 Å². The van der Waals surface area contributed by atoms with E-state index in [1.165, 1.54) is 6.21 Å². The van der Waals surface area contributed by atoms with E-state index in [0.717, 1.165) is 22.8 Å². The molecule has 0 radical (unpaired) electrons. The number of fused-ring (bicyclic) bond motifs is 1. The fourth-order valence-electron chi connectivity index (χ4n) is 3.73. The molecule has 4 aromatic carbocycles. The first kappa shape index (κ1) is 26.1. The second kappa shape index (κ2) is 12.3. The van der Waals surface area contributed by atoms with Crippen LogP contribution in [-0.4, -0.2) is 30.6 Å². The number of hydrogen-bond acceptors (Lipinski definition) is 6. The maximum Gasteiger partial charge on any atom is 0.343 e.